The van der Waals surface area contributed by atoms with Crippen molar-refractivity contribution >= 4 is 17.6 Å². The molecule has 1 atom stereocenters. The minimum absolute atomic E-state index is 0.0796. The molecule has 24 heavy (non-hydrogen) atoms. The summed E-state index contributed by atoms with van der Waals surface area (Å²) < 4.78 is 10.9. The standard InChI is InChI=1S/C17H18ClN3O3/c1-23-15-5-2-11-6-14(10-24-16(11)7-15)21-17(22)20-9-13-4-3-12(18)8-19-13/h2-5,7-8,14H,6,9-10H2,1H3,(H2,20,21,22). The third-order valence-electron chi connectivity index (χ3n) is 3.73. The van der Waals surface area contributed by atoms with Gasteiger partial charge in [0.2, 0.25) is 0 Å². The zero-order chi connectivity index (χ0) is 16.9. The van der Waals surface area contributed by atoms with Crippen molar-refractivity contribution < 1.29 is 14.3 Å². The van der Waals surface area contributed by atoms with Crippen molar-refractivity contribution in [2.24, 2.45) is 0 Å². The van der Waals surface area contributed by atoms with Gasteiger partial charge in [-0.15, -0.1) is 0 Å². The van der Waals surface area contributed by atoms with Crippen LogP contribution >= 0.6 is 11.6 Å². The van der Waals surface area contributed by atoms with Crippen molar-refractivity contribution in [3.63, 3.8) is 0 Å². The number of nitrogens with zero attached hydrogens (tertiary/aromatic N) is 1. The molecule has 0 spiro atoms. The molecular formula is C17H18ClN3O3. The van der Waals surface area contributed by atoms with E-state index in [-0.39, 0.29) is 12.1 Å². The van der Waals surface area contributed by atoms with E-state index in [2.05, 4.69) is 15.6 Å². The summed E-state index contributed by atoms with van der Waals surface area (Å²) in [7, 11) is 1.62. The molecule has 1 aliphatic rings. The number of carbonyl (C=O) groups is 1. The van der Waals surface area contributed by atoms with Crippen LogP contribution < -0.4 is 20.1 Å². The minimum Gasteiger partial charge on any atom is -0.497 e. The molecule has 1 aromatic carbocycles. The smallest absolute Gasteiger partial charge is 0.315 e. The van der Waals surface area contributed by atoms with E-state index in [0.29, 0.717) is 24.6 Å². The van der Waals surface area contributed by atoms with Gasteiger partial charge >= 0.3 is 6.03 Å². The van der Waals surface area contributed by atoms with Gasteiger partial charge in [-0.25, -0.2) is 4.79 Å². The number of aromatic nitrogens is 1. The lowest BCUT2D eigenvalue weighted by atomic mass is 10.0. The fourth-order valence-electron chi connectivity index (χ4n) is 2.49. The topological polar surface area (TPSA) is 72.5 Å². The van der Waals surface area contributed by atoms with Crippen LogP contribution in [0.3, 0.4) is 0 Å². The number of benzene rings is 1. The maximum atomic E-state index is 12.0. The van der Waals surface area contributed by atoms with Gasteiger partial charge in [0.15, 0.2) is 0 Å². The molecule has 1 aromatic heterocycles. The van der Waals surface area contributed by atoms with Crippen molar-refractivity contribution in [2.45, 2.75) is 19.0 Å². The molecule has 3 rings (SSSR count). The van der Waals surface area contributed by atoms with Gasteiger partial charge in [-0.3, -0.25) is 4.98 Å². The van der Waals surface area contributed by atoms with Gasteiger partial charge < -0.3 is 20.1 Å². The second-order valence-corrected chi connectivity index (χ2v) is 5.92. The molecule has 2 heterocycles. The van der Waals surface area contributed by atoms with Crippen molar-refractivity contribution in [2.75, 3.05) is 13.7 Å². The van der Waals surface area contributed by atoms with Gasteiger partial charge in [0.05, 0.1) is 30.4 Å². The van der Waals surface area contributed by atoms with Gasteiger partial charge in [0.1, 0.15) is 18.1 Å². The molecule has 126 valence electrons. The molecule has 7 heteroatoms. The SMILES string of the molecule is COc1ccc2c(c1)OCC(NC(=O)NCc1ccc(Cl)cn1)C2. The average molecular weight is 348 g/mol. The molecular weight excluding hydrogens is 330 g/mol. The molecule has 0 saturated carbocycles. The Morgan fingerprint density at radius 2 is 2.29 bits per heavy atom. The number of pyridine rings is 1. The second kappa shape index (κ2) is 7.40. The number of amides is 2. The Bertz CT molecular complexity index is 722. The predicted molar refractivity (Wildman–Crippen MR) is 90.6 cm³/mol. The van der Waals surface area contributed by atoms with E-state index < -0.39 is 0 Å². The fraction of sp³-hybridized carbons (Fsp3) is 0.294. The number of methoxy groups -OCH3 is 1. The zero-order valence-electron chi connectivity index (χ0n) is 13.2. The van der Waals surface area contributed by atoms with Crippen molar-refractivity contribution in [1.82, 2.24) is 15.6 Å². The zero-order valence-corrected chi connectivity index (χ0v) is 14.0. The predicted octanol–water partition coefficient (Wildman–Crippen LogP) is 2.55. The Balaban J connectivity index is 1.51. The van der Waals surface area contributed by atoms with Crippen LogP contribution in [0.5, 0.6) is 11.5 Å². The maximum Gasteiger partial charge on any atom is 0.315 e. The number of halogens is 1. The van der Waals surface area contributed by atoms with Crippen LogP contribution in [0.25, 0.3) is 0 Å². The van der Waals surface area contributed by atoms with Crippen LogP contribution in [0.1, 0.15) is 11.3 Å². The molecule has 0 saturated heterocycles. The third kappa shape index (κ3) is 4.08. The summed E-state index contributed by atoms with van der Waals surface area (Å²) in [5.74, 6) is 1.56. The van der Waals surface area contributed by atoms with E-state index >= 15 is 0 Å². The minimum atomic E-state index is -0.252. The maximum absolute atomic E-state index is 12.0. The van der Waals surface area contributed by atoms with Crippen LogP contribution in [-0.4, -0.2) is 30.8 Å². The van der Waals surface area contributed by atoms with E-state index in [1.165, 1.54) is 0 Å². The summed E-state index contributed by atoms with van der Waals surface area (Å²) in [6.45, 7) is 0.761. The first-order valence-corrected chi connectivity index (χ1v) is 7.96. The fourth-order valence-corrected chi connectivity index (χ4v) is 2.60. The number of rotatable bonds is 4. The number of nitrogens with one attached hydrogen (secondary N) is 2. The molecule has 0 radical (unpaired) electrons. The van der Waals surface area contributed by atoms with Crippen LogP contribution in [0.4, 0.5) is 4.79 Å². The Morgan fingerprint density at radius 3 is 3.04 bits per heavy atom. The summed E-state index contributed by atoms with van der Waals surface area (Å²) in [6, 6.07) is 8.88. The highest BCUT2D eigenvalue weighted by atomic mass is 35.5. The largest absolute Gasteiger partial charge is 0.497 e. The number of urea groups is 1. The number of hydrogen-bond donors (Lipinski definition) is 2. The van der Waals surface area contributed by atoms with Gasteiger partial charge in [-0.2, -0.15) is 0 Å². The number of carbonyl (C=O) groups excluding carboxylic acids is 1. The van der Waals surface area contributed by atoms with Gasteiger partial charge in [-0.05, 0) is 30.2 Å². The lowest BCUT2D eigenvalue weighted by Gasteiger charge is -2.26. The molecule has 1 unspecified atom stereocenters. The Labute approximate surface area is 145 Å². The lowest BCUT2D eigenvalue weighted by Crippen LogP contribution is -2.47. The molecule has 0 fully saturated rings. The molecule has 6 nitrogen and oxygen atoms in total. The van der Waals surface area contributed by atoms with Crippen LogP contribution in [0, 0.1) is 0 Å². The van der Waals surface area contributed by atoms with Gasteiger partial charge in [0.25, 0.3) is 0 Å². The van der Waals surface area contributed by atoms with Crippen LogP contribution in [0.2, 0.25) is 5.02 Å². The molecule has 0 aliphatic carbocycles. The van der Waals surface area contributed by atoms with Crippen molar-refractivity contribution in [1.29, 1.82) is 0 Å². The first kappa shape index (κ1) is 16.4. The molecule has 2 N–H and O–H groups in total. The third-order valence-corrected chi connectivity index (χ3v) is 3.96. The molecule has 0 bridgehead atoms. The highest BCUT2D eigenvalue weighted by Crippen LogP contribution is 2.28. The second-order valence-electron chi connectivity index (χ2n) is 5.48. The van der Waals surface area contributed by atoms with Crippen LogP contribution in [0.15, 0.2) is 36.5 Å². The first-order valence-electron chi connectivity index (χ1n) is 7.58. The van der Waals surface area contributed by atoms with Gasteiger partial charge in [-0.1, -0.05) is 17.7 Å². The summed E-state index contributed by atoms with van der Waals surface area (Å²) in [5.41, 5.74) is 1.79. The van der Waals surface area contributed by atoms with E-state index in [0.717, 1.165) is 22.8 Å². The summed E-state index contributed by atoms with van der Waals surface area (Å²) in [5, 5.41) is 6.25. The first-order chi connectivity index (χ1) is 11.6. The number of hydrogen-bond acceptors (Lipinski definition) is 4. The summed E-state index contributed by atoms with van der Waals surface area (Å²) in [6.07, 6.45) is 2.27. The number of fused-ring (bicyclic) bond motifs is 1. The van der Waals surface area contributed by atoms with Crippen LogP contribution in [-0.2, 0) is 13.0 Å². The number of ether oxygens (including phenoxy) is 2. The Morgan fingerprint density at radius 1 is 1.42 bits per heavy atom. The molecule has 1 aliphatic heterocycles. The quantitative estimate of drug-likeness (QED) is 0.891. The van der Waals surface area contributed by atoms with E-state index in [9.17, 15) is 4.79 Å². The van der Waals surface area contributed by atoms with Crippen molar-refractivity contribution in [3.8, 4) is 11.5 Å². The monoisotopic (exact) mass is 347 g/mol. The summed E-state index contributed by atoms with van der Waals surface area (Å²) in [4.78, 5) is 16.1. The van der Waals surface area contributed by atoms with E-state index in [1.807, 2.05) is 18.2 Å². The highest BCUT2D eigenvalue weighted by Gasteiger charge is 2.21. The van der Waals surface area contributed by atoms with Gasteiger partial charge in [0, 0.05) is 12.3 Å². The summed E-state index contributed by atoms with van der Waals surface area (Å²) >= 11 is 5.78. The average Bonchev–Trinajstić information content (AvgIpc) is 2.61. The molecule has 2 amide bonds. The Hall–Kier alpha value is -2.47. The molecule has 2 aromatic rings. The lowest BCUT2D eigenvalue weighted by molar-refractivity contribution is 0.213. The highest BCUT2D eigenvalue weighted by molar-refractivity contribution is 6.30. The normalized spacial score (nSPS) is 15.8. The Kier molecular flexibility index (Phi) is 5.05. The van der Waals surface area contributed by atoms with E-state index in [1.54, 1.807) is 25.4 Å². The van der Waals surface area contributed by atoms with Crippen molar-refractivity contribution in [3.05, 3.63) is 52.8 Å². The van der Waals surface area contributed by atoms with E-state index in [4.69, 9.17) is 21.1 Å².